The molecule has 0 bridgehead atoms. The number of nitro benzene ring substituents is 1. The predicted octanol–water partition coefficient (Wildman–Crippen LogP) is 2.09. The van der Waals surface area contributed by atoms with Gasteiger partial charge in [0.05, 0.1) is 11.3 Å². The molecule has 2 N–H and O–H groups in total. The van der Waals surface area contributed by atoms with Gasteiger partial charge in [0.1, 0.15) is 0 Å². The van der Waals surface area contributed by atoms with Crippen molar-refractivity contribution in [2.24, 2.45) is 0 Å². The van der Waals surface area contributed by atoms with Gasteiger partial charge in [0.15, 0.2) is 6.61 Å². The lowest BCUT2D eigenvalue weighted by Crippen LogP contribution is -2.43. The van der Waals surface area contributed by atoms with E-state index in [0.717, 1.165) is 5.56 Å². The zero-order valence-corrected chi connectivity index (χ0v) is 15.1. The van der Waals surface area contributed by atoms with Crippen molar-refractivity contribution in [1.29, 1.82) is 0 Å². The van der Waals surface area contributed by atoms with Crippen molar-refractivity contribution < 1.29 is 24.0 Å². The summed E-state index contributed by atoms with van der Waals surface area (Å²) in [6, 6.07) is 14.3. The highest BCUT2D eigenvalue weighted by molar-refractivity contribution is 5.95. The molecule has 0 aliphatic carbocycles. The quantitative estimate of drug-likeness (QED) is 0.427. The number of rotatable bonds is 7. The monoisotopic (exact) mass is 385 g/mol. The van der Waals surface area contributed by atoms with Gasteiger partial charge in [-0.05, 0) is 23.6 Å². The molecule has 0 saturated carbocycles. The molecule has 0 aromatic heterocycles. The maximum Gasteiger partial charge on any atom is 0.306 e. The Balaban J connectivity index is 1.72. The molecule has 0 fully saturated rings. The number of nitrogens with zero attached hydrogens (tertiary/aromatic N) is 1. The molecule has 0 spiro atoms. The average Bonchev–Trinajstić information content (AvgIpc) is 2.71. The summed E-state index contributed by atoms with van der Waals surface area (Å²) < 4.78 is 4.90. The molecule has 28 heavy (non-hydrogen) atoms. The first-order valence-electron chi connectivity index (χ1n) is 8.41. The zero-order chi connectivity index (χ0) is 20.5. The van der Waals surface area contributed by atoms with Crippen molar-refractivity contribution in [3.63, 3.8) is 0 Å². The maximum atomic E-state index is 11.9. The van der Waals surface area contributed by atoms with E-state index in [1.807, 2.05) is 37.3 Å². The summed E-state index contributed by atoms with van der Waals surface area (Å²) in [4.78, 5) is 45.4. The minimum Gasteiger partial charge on any atom is -0.455 e. The summed E-state index contributed by atoms with van der Waals surface area (Å²) in [6.45, 7) is 1.34. The molecule has 2 rings (SSSR count). The topological polar surface area (TPSA) is 128 Å². The van der Waals surface area contributed by atoms with Crippen molar-refractivity contribution in [3.8, 4) is 0 Å². The van der Waals surface area contributed by atoms with Gasteiger partial charge in [0, 0.05) is 17.7 Å². The number of esters is 1. The van der Waals surface area contributed by atoms with E-state index in [-0.39, 0.29) is 23.6 Å². The highest BCUT2D eigenvalue weighted by atomic mass is 16.6. The predicted molar refractivity (Wildman–Crippen MR) is 99.1 cm³/mol. The molecular formula is C19H19N3O6. The van der Waals surface area contributed by atoms with Crippen LogP contribution in [0.3, 0.4) is 0 Å². The Morgan fingerprint density at radius 1 is 1.04 bits per heavy atom. The Bertz CT molecular complexity index is 852. The van der Waals surface area contributed by atoms with Crippen LogP contribution in [-0.4, -0.2) is 29.3 Å². The van der Waals surface area contributed by atoms with Crippen LogP contribution < -0.4 is 10.9 Å². The number of nitro groups is 1. The second kappa shape index (κ2) is 9.81. The first-order chi connectivity index (χ1) is 13.4. The van der Waals surface area contributed by atoms with Gasteiger partial charge in [-0.15, -0.1) is 0 Å². The highest BCUT2D eigenvalue weighted by Crippen LogP contribution is 2.18. The Morgan fingerprint density at radius 3 is 2.29 bits per heavy atom. The van der Waals surface area contributed by atoms with Crippen LogP contribution in [0.2, 0.25) is 0 Å². The van der Waals surface area contributed by atoms with E-state index in [9.17, 15) is 24.5 Å². The van der Waals surface area contributed by atoms with Crippen molar-refractivity contribution in [2.45, 2.75) is 19.3 Å². The molecule has 0 unspecified atom stereocenters. The molecule has 2 amide bonds. The third kappa shape index (κ3) is 6.20. The SMILES string of the molecule is C[C@@H](CC(=O)OCC(=O)NNC(=O)c1ccc([N+](=O)[O-])cc1)c1ccccc1. The van der Waals surface area contributed by atoms with Crippen molar-refractivity contribution in [2.75, 3.05) is 6.61 Å². The van der Waals surface area contributed by atoms with Gasteiger partial charge in [-0.25, -0.2) is 0 Å². The van der Waals surface area contributed by atoms with Crippen LogP contribution in [0.5, 0.6) is 0 Å². The van der Waals surface area contributed by atoms with Gasteiger partial charge in [0.2, 0.25) is 0 Å². The van der Waals surface area contributed by atoms with E-state index in [1.54, 1.807) is 0 Å². The summed E-state index contributed by atoms with van der Waals surface area (Å²) in [5.74, 6) is -1.96. The van der Waals surface area contributed by atoms with Crippen LogP contribution >= 0.6 is 0 Å². The Labute approximate surface area is 160 Å². The first kappa shape index (κ1) is 20.6. The molecule has 0 saturated heterocycles. The number of amides is 2. The number of nitrogens with one attached hydrogen (secondary N) is 2. The van der Waals surface area contributed by atoms with Crippen LogP contribution in [0.25, 0.3) is 0 Å². The van der Waals surface area contributed by atoms with Gasteiger partial charge < -0.3 is 4.74 Å². The number of hydrazine groups is 1. The Kier molecular flexibility index (Phi) is 7.21. The number of carbonyl (C=O) groups is 3. The zero-order valence-electron chi connectivity index (χ0n) is 15.1. The average molecular weight is 385 g/mol. The van der Waals surface area contributed by atoms with Crippen molar-refractivity contribution >= 4 is 23.5 Å². The molecule has 2 aromatic rings. The largest absolute Gasteiger partial charge is 0.455 e. The van der Waals surface area contributed by atoms with E-state index in [4.69, 9.17) is 4.74 Å². The van der Waals surface area contributed by atoms with Gasteiger partial charge in [-0.2, -0.15) is 0 Å². The van der Waals surface area contributed by atoms with Crippen molar-refractivity contribution in [1.82, 2.24) is 10.9 Å². The summed E-state index contributed by atoms with van der Waals surface area (Å²) in [5.41, 5.74) is 5.20. The summed E-state index contributed by atoms with van der Waals surface area (Å²) in [6.07, 6.45) is 0.118. The summed E-state index contributed by atoms with van der Waals surface area (Å²) in [5, 5.41) is 10.6. The molecule has 2 aromatic carbocycles. The maximum absolute atomic E-state index is 11.9. The lowest BCUT2D eigenvalue weighted by molar-refractivity contribution is -0.384. The summed E-state index contributed by atoms with van der Waals surface area (Å²) >= 11 is 0. The van der Waals surface area contributed by atoms with Gasteiger partial charge in [-0.3, -0.25) is 35.3 Å². The molecule has 146 valence electrons. The Morgan fingerprint density at radius 2 is 1.68 bits per heavy atom. The smallest absolute Gasteiger partial charge is 0.306 e. The third-order valence-electron chi connectivity index (χ3n) is 3.86. The lowest BCUT2D eigenvalue weighted by atomic mass is 9.98. The fraction of sp³-hybridized carbons (Fsp3) is 0.211. The molecule has 0 radical (unpaired) electrons. The Hall–Kier alpha value is -3.75. The minimum absolute atomic E-state index is 0.0569. The number of ether oxygens (including phenoxy) is 1. The van der Waals surface area contributed by atoms with Crippen LogP contribution in [0.1, 0.15) is 35.2 Å². The third-order valence-corrected chi connectivity index (χ3v) is 3.86. The molecule has 0 heterocycles. The van der Waals surface area contributed by atoms with E-state index in [1.165, 1.54) is 24.3 Å². The van der Waals surface area contributed by atoms with E-state index < -0.39 is 29.3 Å². The first-order valence-corrected chi connectivity index (χ1v) is 8.41. The molecular weight excluding hydrogens is 366 g/mol. The highest BCUT2D eigenvalue weighted by Gasteiger charge is 2.14. The van der Waals surface area contributed by atoms with Gasteiger partial charge >= 0.3 is 5.97 Å². The van der Waals surface area contributed by atoms with Crippen LogP contribution in [0, 0.1) is 10.1 Å². The van der Waals surface area contributed by atoms with Crippen LogP contribution in [0.4, 0.5) is 5.69 Å². The van der Waals surface area contributed by atoms with Crippen molar-refractivity contribution in [3.05, 3.63) is 75.8 Å². The summed E-state index contributed by atoms with van der Waals surface area (Å²) in [7, 11) is 0. The minimum atomic E-state index is -0.712. The van der Waals surface area contributed by atoms with Crippen LogP contribution in [0.15, 0.2) is 54.6 Å². The lowest BCUT2D eigenvalue weighted by Gasteiger charge is -2.12. The van der Waals surface area contributed by atoms with E-state index in [0.29, 0.717) is 0 Å². The fourth-order valence-electron chi connectivity index (χ4n) is 2.32. The second-order valence-electron chi connectivity index (χ2n) is 5.98. The normalized spacial score (nSPS) is 11.2. The number of non-ortho nitro benzene ring substituents is 1. The second-order valence-corrected chi connectivity index (χ2v) is 5.98. The molecule has 0 aliphatic heterocycles. The molecule has 1 atom stereocenters. The van der Waals surface area contributed by atoms with Gasteiger partial charge in [-0.1, -0.05) is 37.3 Å². The van der Waals surface area contributed by atoms with E-state index >= 15 is 0 Å². The van der Waals surface area contributed by atoms with Gasteiger partial charge in [0.25, 0.3) is 17.5 Å². The number of carbonyl (C=O) groups excluding carboxylic acids is 3. The number of hydrogen-bond donors (Lipinski definition) is 2. The molecule has 0 aliphatic rings. The fourth-order valence-corrected chi connectivity index (χ4v) is 2.32. The van der Waals surface area contributed by atoms with E-state index in [2.05, 4.69) is 10.9 Å². The number of hydrogen-bond acceptors (Lipinski definition) is 6. The number of benzene rings is 2. The molecule has 9 nitrogen and oxygen atoms in total. The molecule has 9 heteroatoms. The van der Waals surface area contributed by atoms with Crippen LogP contribution in [-0.2, 0) is 14.3 Å². The standard InChI is InChI=1S/C19H19N3O6/c1-13(14-5-3-2-4-6-14)11-18(24)28-12-17(23)20-21-19(25)15-7-9-16(10-8-15)22(26)27/h2-10,13H,11-12H2,1H3,(H,20,23)(H,21,25)/t13-/m0/s1.